The van der Waals surface area contributed by atoms with Crippen LogP contribution in [-0.2, 0) is 10.2 Å². The summed E-state index contributed by atoms with van der Waals surface area (Å²) in [6.45, 7) is 3.94. The van der Waals surface area contributed by atoms with Gasteiger partial charge in [0.2, 0.25) is 0 Å². The third-order valence-corrected chi connectivity index (χ3v) is 3.85. The van der Waals surface area contributed by atoms with Crippen molar-refractivity contribution in [3.05, 3.63) is 28.2 Å². The summed E-state index contributed by atoms with van der Waals surface area (Å²) in [6.07, 6.45) is 0. The first-order valence-electron chi connectivity index (χ1n) is 4.68. The van der Waals surface area contributed by atoms with Gasteiger partial charge in [0.25, 0.3) is 0 Å². The van der Waals surface area contributed by atoms with E-state index in [1.807, 2.05) is 17.8 Å². The lowest BCUT2D eigenvalue weighted by atomic mass is 10.2. The predicted molar refractivity (Wildman–Crippen MR) is 68.1 cm³/mol. The third-order valence-electron chi connectivity index (χ3n) is 2.04. The number of halogens is 1. The van der Waals surface area contributed by atoms with Crippen molar-refractivity contribution in [2.24, 2.45) is 5.84 Å². The number of aryl methyl sites for hydroxylation is 1. The fourth-order valence-corrected chi connectivity index (χ4v) is 2.86. The molecule has 0 heterocycles. The van der Waals surface area contributed by atoms with Crippen LogP contribution in [0.15, 0.2) is 22.7 Å². The van der Waals surface area contributed by atoms with Crippen molar-refractivity contribution in [1.29, 1.82) is 0 Å². The molecule has 0 aliphatic rings. The molecule has 5 nitrogen and oxygen atoms in total. The molecule has 0 aliphatic heterocycles. The van der Waals surface area contributed by atoms with Gasteiger partial charge in [-0.3, -0.25) is 10.1 Å². The van der Waals surface area contributed by atoms with Crippen molar-refractivity contribution in [1.82, 2.24) is 4.83 Å². The summed E-state index contributed by atoms with van der Waals surface area (Å²) >= 11 is 3.33. The molecule has 0 spiro atoms. The number of rotatable bonds is 4. The second kappa shape index (κ2) is 5.13. The molecule has 1 aromatic carbocycles. The maximum atomic E-state index is 11.6. The molecule has 16 heavy (non-hydrogen) atoms. The van der Waals surface area contributed by atoms with E-state index in [2.05, 4.69) is 15.9 Å². The van der Waals surface area contributed by atoms with E-state index in [-0.39, 0.29) is 0 Å². The first-order valence-corrected chi connectivity index (χ1v) is 6.91. The van der Waals surface area contributed by atoms with Gasteiger partial charge in [-0.2, -0.15) is 8.42 Å². The Kier molecular flexibility index (Phi) is 4.31. The molecule has 1 rings (SSSR count). The Balaban J connectivity index is 3.24. The second-order valence-electron chi connectivity index (χ2n) is 3.27. The first-order chi connectivity index (χ1) is 7.40. The fraction of sp³-hybridized carbons (Fsp3) is 0.333. The largest absolute Gasteiger partial charge is 0.314 e. The first kappa shape index (κ1) is 13.4. The average molecular weight is 308 g/mol. The molecule has 7 heteroatoms. The van der Waals surface area contributed by atoms with E-state index in [9.17, 15) is 8.42 Å². The Morgan fingerprint density at radius 2 is 2.06 bits per heavy atom. The molecule has 0 bridgehead atoms. The van der Waals surface area contributed by atoms with Gasteiger partial charge in [-0.05, 0) is 37.6 Å². The molecule has 0 fully saturated rings. The van der Waals surface area contributed by atoms with Gasteiger partial charge in [0.15, 0.2) is 0 Å². The maximum Gasteiger partial charge on any atom is 0.314 e. The molecule has 0 aromatic heterocycles. The topological polar surface area (TPSA) is 75.4 Å². The van der Waals surface area contributed by atoms with E-state index < -0.39 is 10.2 Å². The minimum atomic E-state index is -3.66. The molecule has 0 unspecified atom stereocenters. The Hall–Kier alpha value is -0.630. The number of nitrogens with zero attached hydrogens (tertiary/aromatic N) is 1. The molecule has 3 N–H and O–H groups in total. The van der Waals surface area contributed by atoms with Crippen LogP contribution < -0.4 is 15.0 Å². The van der Waals surface area contributed by atoms with Crippen LogP contribution in [0.4, 0.5) is 5.69 Å². The van der Waals surface area contributed by atoms with Gasteiger partial charge in [0.1, 0.15) is 0 Å². The van der Waals surface area contributed by atoms with Gasteiger partial charge in [-0.25, -0.2) is 0 Å². The summed E-state index contributed by atoms with van der Waals surface area (Å²) in [7, 11) is -3.66. The van der Waals surface area contributed by atoms with Crippen LogP contribution >= 0.6 is 15.9 Å². The Morgan fingerprint density at radius 1 is 1.44 bits per heavy atom. The van der Waals surface area contributed by atoms with E-state index in [1.165, 1.54) is 4.31 Å². The standard InChI is InChI=1S/C9H14BrN3O2S/c1-3-13(16(14,15)12-11)9-5-7(2)4-8(10)6-9/h4-6,12H,3,11H2,1-2H3. The lowest BCUT2D eigenvalue weighted by Crippen LogP contribution is -2.44. The van der Waals surface area contributed by atoms with Crippen molar-refractivity contribution in [2.75, 3.05) is 10.8 Å². The molecular formula is C9H14BrN3O2S. The summed E-state index contributed by atoms with van der Waals surface area (Å²) < 4.78 is 25.3. The van der Waals surface area contributed by atoms with E-state index in [0.29, 0.717) is 12.2 Å². The van der Waals surface area contributed by atoms with Crippen LogP contribution in [-0.4, -0.2) is 15.0 Å². The average Bonchev–Trinajstić information content (AvgIpc) is 2.16. The van der Waals surface area contributed by atoms with Crippen molar-refractivity contribution in [3.8, 4) is 0 Å². The van der Waals surface area contributed by atoms with E-state index in [0.717, 1.165) is 10.0 Å². The van der Waals surface area contributed by atoms with Gasteiger partial charge < -0.3 is 0 Å². The van der Waals surface area contributed by atoms with Crippen LogP contribution in [0.1, 0.15) is 12.5 Å². The number of nitrogens with one attached hydrogen (secondary N) is 1. The van der Waals surface area contributed by atoms with Crippen LogP contribution in [0.25, 0.3) is 0 Å². The lowest BCUT2D eigenvalue weighted by Gasteiger charge is -2.22. The highest BCUT2D eigenvalue weighted by Crippen LogP contribution is 2.23. The second-order valence-corrected chi connectivity index (χ2v) is 5.82. The van der Waals surface area contributed by atoms with Crippen LogP contribution in [0.5, 0.6) is 0 Å². The monoisotopic (exact) mass is 307 g/mol. The van der Waals surface area contributed by atoms with E-state index >= 15 is 0 Å². The molecule has 90 valence electrons. The molecule has 0 atom stereocenters. The summed E-state index contributed by atoms with van der Waals surface area (Å²) in [5, 5.41) is 0. The number of hydrazine groups is 1. The minimum Gasteiger partial charge on any atom is -0.257 e. The Bertz CT molecular complexity index is 455. The number of anilines is 1. The highest BCUT2D eigenvalue weighted by atomic mass is 79.9. The summed E-state index contributed by atoms with van der Waals surface area (Å²) in [5.41, 5.74) is 1.54. The van der Waals surface area contributed by atoms with Crippen molar-refractivity contribution in [3.63, 3.8) is 0 Å². The molecule has 0 saturated heterocycles. The van der Waals surface area contributed by atoms with Gasteiger partial charge >= 0.3 is 10.2 Å². The fourth-order valence-electron chi connectivity index (χ4n) is 1.42. The zero-order valence-corrected chi connectivity index (χ0v) is 11.5. The van der Waals surface area contributed by atoms with Gasteiger partial charge in [-0.15, -0.1) is 4.83 Å². The number of hydrogen-bond donors (Lipinski definition) is 2. The molecule has 0 saturated carbocycles. The van der Waals surface area contributed by atoms with Crippen LogP contribution in [0.3, 0.4) is 0 Å². The molecule has 0 amide bonds. The zero-order chi connectivity index (χ0) is 12.3. The third kappa shape index (κ3) is 2.94. The van der Waals surface area contributed by atoms with Gasteiger partial charge in [-0.1, -0.05) is 15.9 Å². The zero-order valence-electron chi connectivity index (χ0n) is 9.07. The summed E-state index contributed by atoms with van der Waals surface area (Å²) in [5.74, 6) is 5.00. The molecule has 1 aromatic rings. The van der Waals surface area contributed by atoms with Gasteiger partial charge in [0, 0.05) is 11.0 Å². The van der Waals surface area contributed by atoms with Gasteiger partial charge in [0.05, 0.1) is 5.69 Å². The lowest BCUT2D eigenvalue weighted by molar-refractivity contribution is 0.579. The van der Waals surface area contributed by atoms with Crippen LogP contribution in [0, 0.1) is 6.92 Å². The molecule has 0 aliphatic carbocycles. The number of nitrogens with two attached hydrogens (primary N) is 1. The minimum absolute atomic E-state index is 0.308. The Labute approximate surface area is 104 Å². The highest BCUT2D eigenvalue weighted by Gasteiger charge is 2.19. The van der Waals surface area contributed by atoms with Crippen molar-refractivity contribution in [2.45, 2.75) is 13.8 Å². The van der Waals surface area contributed by atoms with E-state index in [4.69, 9.17) is 5.84 Å². The summed E-state index contributed by atoms with van der Waals surface area (Å²) in [4.78, 5) is 1.81. The number of hydrogen-bond acceptors (Lipinski definition) is 3. The summed E-state index contributed by atoms with van der Waals surface area (Å²) in [6, 6.07) is 5.41. The SMILES string of the molecule is CCN(c1cc(C)cc(Br)c1)S(=O)(=O)NN. The smallest absolute Gasteiger partial charge is 0.257 e. The predicted octanol–water partition coefficient (Wildman–Crippen LogP) is 1.29. The maximum absolute atomic E-state index is 11.6. The van der Waals surface area contributed by atoms with Crippen molar-refractivity contribution < 1.29 is 8.42 Å². The normalized spacial score (nSPS) is 11.5. The van der Waals surface area contributed by atoms with Crippen molar-refractivity contribution >= 4 is 31.8 Å². The number of benzene rings is 1. The highest BCUT2D eigenvalue weighted by molar-refractivity contribution is 9.10. The quantitative estimate of drug-likeness (QED) is 0.650. The molecular weight excluding hydrogens is 294 g/mol. The van der Waals surface area contributed by atoms with Crippen LogP contribution in [0.2, 0.25) is 0 Å². The van der Waals surface area contributed by atoms with E-state index in [1.54, 1.807) is 19.1 Å². The molecule has 0 radical (unpaired) electrons. The Morgan fingerprint density at radius 3 is 2.50 bits per heavy atom.